The Morgan fingerprint density at radius 1 is 1.19 bits per heavy atom. The van der Waals surface area contributed by atoms with E-state index in [1.807, 2.05) is 18.4 Å². The Balaban J connectivity index is 1.71. The summed E-state index contributed by atoms with van der Waals surface area (Å²) in [4.78, 5) is 16.4. The Morgan fingerprint density at radius 3 is 2.92 bits per heavy atom. The number of ether oxygens (including phenoxy) is 1. The highest BCUT2D eigenvalue weighted by atomic mass is 16.5. The molecule has 0 aromatic carbocycles. The summed E-state index contributed by atoms with van der Waals surface area (Å²) >= 11 is 0. The molecule has 0 saturated heterocycles. The number of fused-ring (bicyclic) bond motifs is 2. The Morgan fingerprint density at radius 2 is 2.08 bits per heavy atom. The van der Waals surface area contributed by atoms with Crippen molar-refractivity contribution in [3.05, 3.63) is 46.9 Å². The molecule has 0 radical (unpaired) electrons. The smallest absolute Gasteiger partial charge is 0.158 e. The van der Waals surface area contributed by atoms with Gasteiger partial charge in [-0.3, -0.25) is 4.98 Å². The van der Waals surface area contributed by atoms with Crippen molar-refractivity contribution in [1.82, 2.24) is 24.6 Å². The van der Waals surface area contributed by atoms with Crippen LogP contribution in [0.15, 0.2) is 18.5 Å². The summed E-state index contributed by atoms with van der Waals surface area (Å²) in [7, 11) is 1.73. The lowest BCUT2D eigenvalue weighted by Crippen LogP contribution is -2.32. The van der Waals surface area contributed by atoms with E-state index in [0.717, 1.165) is 67.5 Å². The Labute approximate surface area is 153 Å². The van der Waals surface area contributed by atoms with Crippen LogP contribution in [-0.2, 0) is 24.1 Å². The van der Waals surface area contributed by atoms with E-state index in [1.165, 1.54) is 11.3 Å². The van der Waals surface area contributed by atoms with Crippen molar-refractivity contribution >= 4 is 11.3 Å². The zero-order valence-corrected chi connectivity index (χ0v) is 15.6. The van der Waals surface area contributed by atoms with E-state index in [0.29, 0.717) is 0 Å². The monoisotopic (exact) mass is 352 g/mol. The van der Waals surface area contributed by atoms with Crippen LogP contribution in [0, 0.1) is 13.8 Å². The molecule has 7 heteroatoms. The van der Waals surface area contributed by atoms with Crippen LogP contribution in [0.25, 0.3) is 5.52 Å². The lowest BCUT2D eigenvalue weighted by atomic mass is 10.0. The van der Waals surface area contributed by atoms with Gasteiger partial charge in [-0.25, -0.2) is 14.5 Å². The predicted molar refractivity (Wildman–Crippen MR) is 99.4 cm³/mol. The lowest BCUT2D eigenvalue weighted by molar-refractivity contribution is 0.195. The second-order valence-electron chi connectivity index (χ2n) is 6.78. The van der Waals surface area contributed by atoms with Crippen LogP contribution in [0.2, 0.25) is 0 Å². The number of rotatable bonds is 5. The molecule has 0 saturated carbocycles. The molecule has 4 rings (SSSR count). The number of aryl methyl sites for hydroxylation is 3. The standard InChI is InChI=1S/C19H24N6O/c1-13-6-7-15-11-24(9-8-16(15)22-13)19-18-17(5-4-10-26-3)23-14(2)25(18)21-12-20-19/h6-7,12H,4-5,8-11H2,1-3H3. The summed E-state index contributed by atoms with van der Waals surface area (Å²) in [5, 5.41) is 4.41. The van der Waals surface area contributed by atoms with E-state index in [4.69, 9.17) is 9.72 Å². The van der Waals surface area contributed by atoms with Crippen molar-refractivity contribution in [1.29, 1.82) is 0 Å². The van der Waals surface area contributed by atoms with Gasteiger partial charge in [0.25, 0.3) is 0 Å². The second kappa shape index (κ2) is 6.99. The van der Waals surface area contributed by atoms with Gasteiger partial charge < -0.3 is 9.64 Å². The molecule has 0 amide bonds. The first-order chi connectivity index (χ1) is 12.7. The van der Waals surface area contributed by atoms with Crippen molar-refractivity contribution < 1.29 is 4.74 Å². The molecular weight excluding hydrogens is 328 g/mol. The highest BCUT2D eigenvalue weighted by Gasteiger charge is 2.23. The van der Waals surface area contributed by atoms with E-state index in [9.17, 15) is 0 Å². The van der Waals surface area contributed by atoms with Gasteiger partial charge in [-0.05, 0) is 38.3 Å². The van der Waals surface area contributed by atoms with Gasteiger partial charge in [0, 0.05) is 44.6 Å². The number of hydrogen-bond acceptors (Lipinski definition) is 6. The third-order valence-electron chi connectivity index (χ3n) is 4.90. The molecule has 136 valence electrons. The van der Waals surface area contributed by atoms with Crippen LogP contribution in [0.4, 0.5) is 5.82 Å². The Kier molecular flexibility index (Phi) is 4.55. The van der Waals surface area contributed by atoms with Crippen molar-refractivity contribution in [3.8, 4) is 0 Å². The van der Waals surface area contributed by atoms with E-state index >= 15 is 0 Å². The number of aromatic nitrogens is 5. The van der Waals surface area contributed by atoms with Gasteiger partial charge in [0.05, 0.1) is 5.69 Å². The summed E-state index contributed by atoms with van der Waals surface area (Å²) in [5.74, 6) is 1.85. The molecule has 3 aromatic rings. The zero-order chi connectivity index (χ0) is 18.1. The quantitative estimate of drug-likeness (QED) is 0.656. The topological polar surface area (TPSA) is 68.4 Å². The van der Waals surface area contributed by atoms with E-state index in [2.05, 4.69) is 32.1 Å². The number of pyridine rings is 1. The normalized spacial score (nSPS) is 14.0. The maximum atomic E-state index is 5.19. The van der Waals surface area contributed by atoms with Crippen molar-refractivity contribution in [2.24, 2.45) is 0 Å². The Bertz CT molecular complexity index is 935. The molecule has 3 aromatic heterocycles. The molecular formula is C19H24N6O. The average Bonchev–Trinajstić information content (AvgIpc) is 2.98. The number of methoxy groups -OCH3 is 1. The molecule has 0 bridgehead atoms. The highest BCUT2D eigenvalue weighted by molar-refractivity contribution is 5.72. The first-order valence-corrected chi connectivity index (χ1v) is 9.06. The molecule has 1 aliphatic heterocycles. The minimum atomic E-state index is 0.725. The van der Waals surface area contributed by atoms with Gasteiger partial charge in [-0.2, -0.15) is 5.10 Å². The van der Waals surface area contributed by atoms with Gasteiger partial charge in [-0.1, -0.05) is 6.07 Å². The van der Waals surface area contributed by atoms with E-state index < -0.39 is 0 Å². The average molecular weight is 352 g/mol. The van der Waals surface area contributed by atoms with E-state index in [1.54, 1.807) is 13.4 Å². The molecule has 0 atom stereocenters. The molecule has 0 unspecified atom stereocenters. The van der Waals surface area contributed by atoms with Gasteiger partial charge >= 0.3 is 0 Å². The van der Waals surface area contributed by atoms with Gasteiger partial charge in [0.2, 0.25) is 0 Å². The zero-order valence-electron chi connectivity index (χ0n) is 15.6. The number of imidazole rings is 1. The van der Waals surface area contributed by atoms with Crippen molar-refractivity contribution in [2.45, 2.75) is 39.7 Å². The van der Waals surface area contributed by atoms with Crippen molar-refractivity contribution in [2.75, 3.05) is 25.2 Å². The third kappa shape index (κ3) is 3.03. The largest absolute Gasteiger partial charge is 0.385 e. The van der Waals surface area contributed by atoms with Crippen LogP contribution in [0.3, 0.4) is 0 Å². The fourth-order valence-corrected chi connectivity index (χ4v) is 3.63. The molecule has 0 N–H and O–H groups in total. The number of nitrogens with zero attached hydrogens (tertiary/aromatic N) is 6. The van der Waals surface area contributed by atoms with Crippen LogP contribution in [-0.4, -0.2) is 44.8 Å². The summed E-state index contributed by atoms with van der Waals surface area (Å²) < 4.78 is 7.10. The summed E-state index contributed by atoms with van der Waals surface area (Å²) in [6, 6.07) is 4.26. The number of anilines is 1. The predicted octanol–water partition coefficient (Wildman–Crippen LogP) is 2.28. The fourth-order valence-electron chi connectivity index (χ4n) is 3.63. The van der Waals surface area contributed by atoms with Gasteiger partial charge in [0.15, 0.2) is 5.82 Å². The molecule has 1 aliphatic rings. The summed E-state index contributed by atoms with van der Waals surface area (Å²) in [5.41, 5.74) is 5.62. The minimum absolute atomic E-state index is 0.725. The van der Waals surface area contributed by atoms with Crippen LogP contribution < -0.4 is 4.90 Å². The molecule has 0 aliphatic carbocycles. The van der Waals surface area contributed by atoms with Crippen LogP contribution >= 0.6 is 0 Å². The Hall–Kier alpha value is -2.54. The maximum Gasteiger partial charge on any atom is 0.158 e. The SMILES string of the molecule is COCCCc1nc(C)n2ncnc(N3CCc4nc(C)ccc4C3)c12. The first kappa shape index (κ1) is 16.9. The first-order valence-electron chi connectivity index (χ1n) is 9.06. The summed E-state index contributed by atoms with van der Waals surface area (Å²) in [6.07, 6.45) is 4.35. The molecule has 0 fully saturated rings. The molecule has 26 heavy (non-hydrogen) atoms. The van der Waals surface area contributed by atoms with Gasteiger partial charge in [0.1, 0.15) is 17.7 Å². The fraction of sp³-hybridized carbons (Fsp3) is 0.474. The maximum absolute atomic E-state index is 5.19. The summed E-state index contributed by atoms with van der Waals surface area (Å²) in [6.45, 7) is 6.47. The minimum Gasteiger partial charge on any atom is -0.385 e. The third-order valence-corrected chi connectivity index (χ3v) is 4.90. The van der Waals surface area contributed by atoms with Crippen LogP contribution in [0.5, 0.6) is 0 Å². The molecule has 7 nitrogen and oxygen atoms in total. The number of hydrogen-bond donors (Lipinski definition) is 0. The lowest BCUT2D eigenvalue weighted by Gasteiger charge is -2.29. The van der Waals surface area contributed by atoms with Gasteiger partial charge in [-0.15, -0.1) is 0 Å². The van der Waals surface area contributed by atoms with Crippen molar-refractivity contribution in [3.63, 3.8) is 0 Å². The van der Waals surface area contributed by atoms with E-state index in [-0.39, 0.29) is 0 Å². The molecule has 4 heterocycles. The second-order valence-corrected chi connectivity index (χ2v) is 6.78. The molecule has 0 spiro atoms. The van der Waals surface area contributed by atoms with Crippen LogP contribution in [0.1, 0.15) is 34.9 Å². The highest BCUT2D eigenvalue weighted by Crippen LogP contribution is 2.28.